The molecule has 1 atom stereocenters. The Morgan fingerprint density at radius 1 is 1.24 bits per heavy atom. The summed E-state index contributed by atoms with van der Waals surface area (Å²) < 4.78 is 18.9. The number of hydrogen-bond acceptors (Lipinski definition) is 4. The van der Waals surface area contributed by atoms with Gasteiger partial charge in [0.05, 0.1) is 5.92 Å². The van der Waals surface area contributed by atoms with Gasteiger partial charge in [0.15, 0.2) is 0 Å². The summed E-state index contributed by atoms with van der Waals surface area (Å²) in [5, 5.41) is 18.9. The van der Waals surface area contributed by atoms with Crippen molar-refractivity contribution in [2.75, 3.05) is 0 Å². The first-order valence-electron chi connectivity index (χ1n) is 6.26. The van der Waals surface area contributed by atoms with Gasteiger partial charge in [-0.3, -0.25) is 0 Å². The Kier molecular flexibility index (Phi) is 2.99. The van der Waals surface area contributed by atoms with Crippen molar-refractivity contribution in [3.63, 3.8) is 0 Å². The molecule has 0 saturated carbocycles. The second-order valence-electron chi connectivity index (χ2n) is 4.70. The van der Waals surface area contributed by atoms with Gasteiger partial charge in [-0.05, 0) is 23.8 Å². The van der Waals surface area contributed by atoms with Gasteiger partial charge in [-0.15, -0.1) is 0 Å². The molecule has 2 aromatic carbocycles. The van der Waals surface area contributed by atoms with Gasteiger partial charge in [0.2, 0.25) is 5.88 Å². The van der Waals surface area contributed by atoms with Gasteiger partial charge < -0.3 is 15.6 Å². The average Bonchev–Trinajstić information content (AvgIpc) is 2.45. The number of nitrogens with zero attached hydrogens (tertiary/aromatic N) is 1. The highest BCUT2D eigenvalue weighted by Gasteiger charge is 2.30. The first-order valence-corrected chi connectivity index (χ1v) is 6.26. The molecular formula is C16H11FN2O2. The number of phenolic OH excluding ortho intramolecular Hbond substituents is 1. The normalized spacial score (nSPS) is 16.9. The van der Waals surface area contributed by atoms with Crippen LogP contribution in [0.1, 0.15) is 17.0 Å². The van der Waals surface area contributed by atoms with Crippen molar-refractivity contribution < 1.29 is 14.2 Å². The van der Waals surface area contributed by atoms with Crippen LogP contribution in [-0.2, 0) is 0 Å². The molecule has 2 aromatic rings. The maximum absolute atomic E-state index is 13.5. The molecule has 3 N–H and O–H groups in total. The molecule has 1 aliphatic rings. The molecule has 0 fully saturated rings. The highest BCUT2D eigenvalue weighted by molar-refractivity contribution is 5.56. The third kappa shape index (κ3) is 2.17. The minimum Gasteiger partial charge on any atom is -0.508 e. The second kappa shape index (κ2) is 4.84. The van der Waals surface area contributed by atoms with E-state index in [4.69, 9.17) is 10.5 Å². The van der Waals surface area contributed by atoms with Crippen molar-refractivity contribution in [3.8, 4) is 17.6 Å². The van der Waals surface area contributed by atoms with E-state index in [1.165, 1.54) is 24.3 Å². The Morgan fingerprint density at radius 2 is 2.05 bits per heavy atom. The lowest BCUT2D eigenvalue weighted by Crippen LogP contribution is -2.21. The molecule has 104 valence electrons. The van der Waals surface area contributed by atoms with Crippen LogP contribution in [0.25, 0.3) is 0 Å². The van der Waals surface area contributed by atoms with Gasteiger partial charge in [-0.1, -0.05) is 18.2 Å². The zero-order valence-corrected chi connectivity index (χ0v) is 10.9. The SMILES string of the molecule is N#CC1=C(N)Oc2cc(O)ccc2C1c1cccc(F)c1. The third-order valence-corrected chi connectivity index (χ3v) is 3.38. The fraction of sp³-hybridized carbons (Fsp3) is 0.0625. The van der Waals surface area contributed by atoms with E-state index in [0.717, 1.165) is 0 Å². The number of nitriles is 1. The number of allylic oxidation sites excluding steroid dienone is 1. The fourth-order valence-electron chi connectivity index (χ4n) is 2.47. The quantitative estimate of drug-likeness (QED) is 0.843. The highest BCUT2D eigenvalue weighted by atomic mass is 19.1. The number of phenols is 1. The second-order valence-corrected chi connectivity index (χ2v) is 4.70. The Balaban J connectivity index is 2.24. The predicted molar refractivity (Wildman–Crippen MR) is 73.8 cm³/mol. The summed E-state index contributed by atoms with van der Waals surface area (Å²) in [5.74, 6) is -0.559. The van der Waals surface area contributed by atoms with E-state index in [-0.39, 0.29) is 17.2 Å². The van der Waals surface area contributed by atoms with Crippen LogP contribution in [0.2, 0.25) is 0 Å². The van der Waals surface area contributed by atoms with Gasteiger partial charge in [0.25, 0.3) is 0 Å². The first-order chi connectivity index (χ1) is 10.1. The summed E-state index contributed by atoms with van der Waals surface area (Å²) in [5.41, 5.74) is 7.26. The summed E-state index contributed by atoms with van der Waals surface area (Å²) >= 11 is 0. The van der Waals surface area contributed by atoms with Gasteiger partial charge in [-0.2, -0.15) is 5.26 Å². The molecular weight excluding hydrogens is 271 g/mol. The van der Waals surface area contributed by atoms with Crippen LogP contribution < -0.4 is 10.5 Å². The molecule has 1 aliphatic heterocycles. The molecule has 0 aliphatic carbocycles. The van der Waals surface area contributed by atoms with Crippen LogP contribution in [0, 0.1) is 17.1 Å². The zero-order valence-electron chi connectivity index (χ0n) is 10.9. The van der Waals surface area contributed by atoms with Crippen LogP contribution in [0.4, 0.5) is 4.39 Å². The molecule has 3 rings (SSSR count). The smallest absolute Gasteiger partial charge is 0.205 e. The predicted octanol–water partition coefficient (Wildman–Crippen LogP) is 2.75. The van der Waals surface area contributed by atoms with Gasteiger partial charge in [0.1, 0.15) is 29.0 Å². The van der Waals surface area contributed by atoms with Crippen LogP contribution >= 0.6 is 0 Å². The average molecular weight is 282 g/mol. The van der Waals surface area contributed by atoms with E-state index in [9.17, 15) is 14.8 Å². The van der Waals surface area contributed by atoms with E-state index < -0.39 is 11.7 Å². The Hall–Kier alpha value is -3.00. The number of aromatic hydroxyl groups is 1. The minimum atomic E-state index is -0.518. The Labute approximate surface area is 120 Å². The summed E-state index contributed by atoms with van der Waals surface area (Å²) in [6.45, 7) is 0. The molecule has 0 saturated heterocycles. The summed E-state index contributed by atoms with van der Waals surface area (Å²) in [4.78, 5) is 0. The number of rotatable bonds is 1. The van der Waals surface area contributed by atoms with Crippen LogP contribution in [-0.4, -0.2) is 5.11 Å². The molecule has 0 radical (unpaired) electrons. The number of nitrogens with two attached hydrogens (primary N) is 1. The van der Waals surface area contributed by atoms with Crippen molar-refractivity contribution in [2.24, 2.45) is 5.73 Å². The lowest BCUT2D eigenvalue weighted by atomic mass is 9.83. The summed E-state index contributed by atoms with van der Waals surface area (Å²) in [6, 6.07) is 12.6. The number of halogens is 1. The monoisotopic (exact) mass is 282 g/mol. The van der Waals surface area contributed by atoms with Crippen molar-refractivity contribution in [3.05, 3.63) is 70.9 Å². The topological polar surface area (TPSA) is 79.3 Å². The van der Waals surface area contributed by atoms with Gasteiger partial charge in [-0.25, -0.2) is 4.39 Å². The molecule has 0 bridgehead atoms. The van der Waals surface area contributed by atoms with E-state index in [1.807, 2.05) is 6.07 Å². The molecule has 5 heteroatoms. The number of hydrogen-bond donors (Lipinski definition) is 2. The van der Waals surface area contributed by atoms with Crippen molar-refractivity contribution in [1.82, 2.24) is 0 Å². The highest BCUT2D eigenvalue weighted by Crippen LogP contribution is 2.43. The van der Waals surface area contributed by atoms with E-state index in [2.05, 4.69) is 0 Å². The molecule has 1 heterocycles. The van der Waals surface area contributed by atoms with Gasteiger partial charge >= 0.3 is 0 Å². The van der Waals surface area contributed by atoms with Crippen LogP contribution in [0.3, 0.4) is 0 Å². The summed E-state index contributed by atoms with van der Waals surface area (Å²) in [6.07, 6.45) is 0. The summed E-state index contributed by atoms with van der Waals surface area (Å²) in [7, 11) is 0. The molecule has 4 nitrogen and oxygen atoms in total. The van der Waals surface area contributed by atoms with E-state index in [1.54, 1.807) is 18.2 Å². The molecule has 0 amide bonds. The maximum Gasteiger partial charge on any atom is 0.205 e. The standard InChI is InChI=1S/C16H11FN2O2/c17-10-3-1-2-9(6-10)15-12-5-4-11(20)7-14(12)21-16(19)13(15)8-18/h1-7,15,20H,19H2. The maximum atomic E-state index is 13.5. The fourth-order valence-corrected chi connectivity index (χ4v) is 2.47. The van der Waals surface area contributed by atoms with Crippen molar-refractivity contribution in [1.29, 1.82) is 5.26 Å². The number of benzene rings is 2. The Bertz CT molecular complexity index is 793. The third-order valence-electron chi connectivity index (χ3n) is 3.38. The zero-order chi connectivity index (χ0) is 15.0. The van der Waals surface area contributed by atoms with Crippen LogP contribution in [0.15, 0.2) is 53.9 Å². The largest absolute Gasteiger partial charge is 0.508 e. The van der Waals surface area contributed by atoms with Gasteiger partial charge in [0, 0.05) is 11.6 Å². The van der Waals surface area contributed by atoms with E-state index in [0.29, 0.717) is 16.9 Å². The van der Waals surface area contributed by atoms with Crippen LogP contribution in [0.5, 0.6) is 11.5 Å². The Morgan fingerprint density at radius 3 is 2.76 bits per heavy atom. The lowest BCUT2D eigenvalue weighted by molar-refractivity contribution is 0.388. The minimum absolute atomic E-state index is 0.0277. The molecule has 21 heavy (non-hydrogen) atoms. The number of fused-ring (bicyclic) bond motifs is 1. The molecule has 0 aromatic heterocycles. The van der Waals surface area contributed by atoms with Crippen molar-refractivity contribution in [2.45, 2.75) is 5.92 Å². The van der Waals surface area contributed by atoms with Crippen molar-refractivity contribution >= 4 is 0 Å². The molecule has 1 unspecified atom stereocenters. The van der Waals surface area contributed by atoms with E-state index >= 15 is 0 Å². The first kappa shape index (κ1) is 13.0. The lowest BCUT2D eigenvalue weighted by Gasteiger charge is -2.26. The number of ether oxygens (including phenoxy) is 1. The molecule has 0 spiro atoms.